The fourth-order valence-electron chi connectivity index (χ4n) is 3.46. The first-order chi connectivity index (χ1) is 14.6. The maximum atomic E-state index is 12.3. The van der Waals surface area contributed by atoms with Crippen LogP contribution in [0.25, 0.3) is 0 Å². The van der Waals surface area contributed by atoms with Crippen LogP contribution in [-0.4, -0.2) is 67.1 Å². The van der Waals surface area contributed by atoms with E-state index in [2.05, 4.69) is 27.3 Å². The van der Waals surface area contributed by atoms with E-state index >= 15 is 0 Å². The number of anilines is 1. The SMILES string of the molecule is C[C@@H](CCc1ccccc1)NC(=O)COCC(=O)N1CCN(c2ccccn2)CC1. The number of piperazine rings is 1. The highest BCUT2D eigenvalue weighted by Crippen LogP contribution is 2.12. The summed E-state index contributed by atoms with van der Waals surface area (Å²) in [5, 5.41) is 2.92. The first-order valence-corrected chi connectivity index (χ1v) is 10.5. The number of carbonyl (C=O) groups excluding carboxylic acids is 2. The Morgan fingerprint density at radius 1 is 1.03 bits per heavy atom. The molecule has 0 radical (unpaired) electrons. The molecule has 2 aromatic rings. The molecule has 1 aliphatic heterocycles. The number of hydrogen-bond donors (Lipinski definition) is 1. The normalized spacial score (nSPS) is 15.0. The lowest BCUT2D eigenvalue weighted by atomic mass is 10.1. The van der Waals surface area contributed by atoms with Crippen LogP contribution in [0.15, 0.2) is 54.7 Å². The average Bonchev–Trinajstić information content (AvgIpc) is 2.79. The second kappa shape index (κ2) is 11.3. The molecule has 0 aliphatic carbocycles. The molecular weight excluding hydrogens is 380 g/mol. The largest absolute Gasteiger partial charge is 0.362 e. The van der Waals surface area contributed by atoms with Crippen LogP contribution < -0.4 is 10.2 Å². The van der Waals surface area contributed by atoms with Gasteiger partial charge in [0.1, 0.15) is 19.0 Å². The summed E-state index contributed by atoms with van der Waals surface area (Å²) in [7, 11) is 0. The fourth-order valence-corrected chi connectivity index (χ4v) is 3.46. The predicted molar refractivity (Wildman–Crippen MR) is 116 cm³/mol. The van der Waals surface area contributed by atoms with E-state index in [1.807, 2.05) is 43.3 Å². The van der Waals surface area contributed by atoms with Crippen molar-refractivity contribution in [2.24, 2.45) is 0 Å². The van der Waals surface area contributed by atoms with E-state index in [1.165, 1.54) is 5.56 Å². The van der Waals surface area contributed by atoms with Crippen LogP contribution in [0.2, 0.25) is 0 Å². The van der Waals surface area contributed by atoms with E-state index in [9.17, 15) is 9.59 Å². The van der Waals surface area contributed by atoms with Crippen molar-refractivity contribution < 1.29 is 14.3 Å². The Morgan fingerprint density at radius 2 is 1.77 bits per heavy atom. The standard InChI is InChI=1S/C23H30N4O3/c1-19(10-11-20-7-3-2-4-8-20)25-22(28)17-30-18-23(29)27-15-13-26(14-16-27)21-9-5-6-12-24-21/h2-9,12,19H,10-11,13-18H2,1H3,(H,25,28)/t19-/m0/s1. The third-order valence-corrected chi connectivity index (χ3v) is 5.18. The number of nitrogens with zero attached hydrogens (tertiary/aromatic N) is 3. The van der Waals surface area contributed by atoms with Crippen LogP contribution >= 0.6 is 0 Å². The van der Waals surface area contributed by atoms with Gasteiger partial charge in [-0.15, -0.1) is 0 Å². The first-order valence-electron chi connectivity index (χ1n) is 10.5. The second-order valence-electron chi connectivity index (χ2n) is 7.54. The van der Waals surface area contributed by atoms with Crippen molar-refractivity contribution in [1.82, 2.24) is 15.2 Å². The molecule has 30 heavy (non-hydrogen) atoms. The number of ether oxygens (including phenoxy) is 1. The molecule has 1 aromatic heterocycles. The minimum Gasteiger partial charge on any atom is -0.362 e. The third kappa shape index (κ3) is 6.84. The van der Waals surface area contributed by atoms with E-state index < -0.39 is 0 Å². The Labute approximate surface area is 178 Å². The van der Waals surface area contributed by atoms with Gasteiger partial charge in [0, 0.05) is 38.4 Å². The molecule has 7 heteroatoms. The molecule has 1 aliphatic rings. The first kappa shape index (κ1) is 21.8. The summed E-state index contributed by atoms with van der Waals surface area (Å²) in [5.74, 6) is 0.655. The van der Waals surface area contributed by atoms with Crippen molar-refractivity contribution in [2.75, 3.05) is 44.3 Å². The summed E-state index contributed by atoms with van der Waals surface area (Å²) in [4.78, 5) is 32.7. The molecule has 0 saturated carbocycles. The van der Waals surface area contributed by atoms with Gasteiger partial charge >= 0.3 is 0 Å². The molecule has 2 heterocycles. The second-order valence-corrected chi connectivity index (χ2v) is 7.54. The monoisotopic (exact) mass is 410 g/mol. The van der Waals surface area contributed by atoms with Gasteiger partial charge in [-0.05, 0) is 37.5 Å². The van der Waals surface area contributed by atoms with Crippen LogP contribution in [0.1, 0.15) is 18.9 Å². The van der Waals surface area contributed by atoms with Crippen molar-refractivity contribution in [2.45, 2.75) is 25.8 Å². The van der Waals surface area contributed by atoms with E-state index in [-0.39, 0.29) is 31.1 Å². The van der Waals surface area contributed by atoms with Crippen molar-refractivity contribution >= 4 is 17.6 Å². The smallest absolute Gasteiger partial charge is 0.248 e. The van der Waals surface area contributed by atoms with Gasteiger partial charge in [0.05, 0.1) is 0 Å². The van der Waals surface area contributed by atoms with Gasteiger partial charge in [-0.1, -0.05) is 36.4 Å². The highest BCUT2D eigenvalue weighted by atomic mass is 16.5. The van der Waals surface area contributed by atoms with Crippen LogP contribution in [0.4, 0.5) is 5.82 Å². The van der Waals surface area contributed by atoms with Crippen LogP contribution in [-0.2, 0) is 20.7 Å². The number of aromatic nitrogens is 1. The summed E-state index contributed by atoms with van der Waals surface area (Å²) in [6, 6.07) is 16.1. The Morgan fingerprint density at radius 3 is 2.47 bits per heavy atom. The van der Waals surface area contributed by atoms with E-state index in [1.54, 1.807) is 11.1 Å². The van der Waals surface area contributed by atoms with Gasteiger partial charge in [0.15, 0.2) is 0 Å². The molecule has 1 saturated heterocycles. The van der Waals surface area contributed by atoms with Crippen molar-refractivity contribution in [3.05, 3.63) is 60.3 Å². The van der Waals surface area contributed by atoms with Gasteiger partial charge in [0.25, 0.3) is 0 Å². The number of carbonyl (C=O) groups is 2. The molecular formula is C23H30N4O3. The van der Waals surface area contributed by atoms with Gasteiger partial charge in [-0.25, -0.2) is 4.98 Å². The third-order valence-electron chi connectivity index (χ3n) is 5.18. The maximum Gasteiger partial charge on any atom is 0.248 e. The lowest BCUT2D eigenvalue weighted by Gasteiger charge is -2.35. The summed E-state index contributed by atoms with van der Waals surface area (Å²) in [6.45, 7) is 4.53. The predicted octanol–water partition coefficient (Wildman–Crippen LogP) is 1.88. The Kier molecular flexibility index (Phi) is 8.20. The zero-order chi connectivity index (χ0) is 21.2. The number of rotatable bonds is 9. The zero-order valence-corrected chi connectivity index (χ0v) is 17.5. The number of pyridine rings is 1. The summed E-state index contributed by atoms with van der Waals surface area (Å²) in [5.41, 5.74) is 1.25. The minimum absolute atomic E-state index is 0.0525. The number of nitrogens with one attached hydrogen (secondary N) is 1. The van der Waals surface area contributed by atoms with E-state index in [0.29, 0.717) is 13.1 Å². The van der Waals surface area contributed by atoms with Gasteiger partial charge in [0.2, 0.25) is 11.8 Å². The quantitative estimate of drug-likeness (QED) is 0.683. The molecule has 7 nitrogen and oxygen atoms in total. The summed E-state index contributed by atoms with van der Waals surface area (Å²) in [6.07, 6.45) is 3.54. The lowest BCUT2D eigenvalue weighted by Crippen LogP contribution is -2.50. The van der Waals surface area contributed by atoms with Crippen LogP contribution in [0, 0.1) is 0 Å². The fraction of sp³-hybridized carbons (Fsp3) is 0.435. The molecule has 2 amide bonds. The molecule has 0 unspecified atom stereocenters. The molecule has 160 valence electrons. The van der Waals surface area contributed by atoms with Gasteiger partial charge in [-0.3, -0.25) is 9.59 Å². The average molecular weight is 411 g/mol. The zero-order valence-electron chi connectivity index (χ0n) is 17.5. The topological polar surface area (TPSA) is 74.8 Å². The van der Waals surface area contributed by atoms with Crippen LogP contribution in [0.3, 0.4) is 0 Å². The highest BCUT2D eigenvalue weighted by molar-refractivity contribution is 5.80. The van der Waals surface area contributed by atoms with Crippen molar-refractivity contribution in [3.63, 3.8) is 0 Å². The van der Waals surface area contributed by atoms with Crippen molar-refractivity contribution in [3.8, 4) is 0 Å². The Balaban J connectivity index is 1.29. The Bertz CT molecular complexity index is 793. The maximum absolute atomic E-state index is 12.3. The van der Waals surface area contributed by atoms with Gasteiger partial charge < -0.3 is 19.9 Å². The molecule has 1 N–H and O–H groups in total. The summed E-state index contributed by atoms with van der Waals surface area (Å²) >= 11 is 0. The summed E-state index contributed by atoms with van der Waals surface area (Å²) < 4.78 is 5.36. The molecule has 3 rings (SSSR count). The Hall–Kier alpha value is -2.93. The van der Waals surface area contributed by atoms with Crippen molar-refractivity contribution in [1.29, 1.82) is 0 Å². The molecule has 0 bridgehead atoms. The van der Waals surface area contributed by atoms with Gasteiger partial charge in [-0.2, -0.15) is 0 Å². The minimum atomic E-state index is -0.191. The lowest BCUT2D eigenvalue weighted by molar-refractivity contribution is -0.138. The van der Waals surface area contributed by atoms with Crippen LogP contribution in [0.5, 0.6) is 0 Å². The van der Waals surface area contributed by atoms with E-state index in [0.717, 1.165) is 31.7 Å². The van der Waals surface area contributed by atoms with E-state index in [4.69, 9.17) is 4.74 Å². The number of benzene rings is 1. The molecule has 0 spiro atoms. The molecule has 1 fully saturated rings. The molecule has 1 atom stereocenters. The number of aryl methyl sites for hydroxylation is 1. The highest BCUT2D eigenvalue weighted by Gasteiger charge is 2.22. The number of amides is 2. The molecule has 1 aromatic carbocycles. The number of hydrogen-bond acceptors (Lipinski definition) is 5.